The van der Waals surface area contributed by atoms with Crippen molar-refractivity contribution in [3.05, 3.63) is 158 Å². The first kappa shape index (κ1) is 26.2. The van der Waals surface area contributed by atoms with Gasteiger partial charge in [0.2, 0.25) is 0 Å². The zero-order valence-corrected chi connectivity index (χ0v) is 25.7. The summed E-state index contributed by atoms with van der Waals surface area (Å²) < 4.78 is 8.78. The zero-order valence-electron chi connectivity index (χ0n) is 25.7. The number of nitrogens with zero attached hydrogens (tertiary/aromatic N) is 2. The van der Waals surface area contributed by atoms with E-state index < -0.39 is 0 Å². The van der Waals surface area contributed by atoms with Crippen LogP contribution in [-0.4, -0.2) is 17.7 Å². The van der Waals surface area contributed by atoms with Crippen LogP contribution >= 0.6 is 0 Å². The van der Waals surface area contributed by atoms with Gasteiger partial charge < -0.3 is 14.2 Å². The van der Waals surface area contributed by atoms with Gasteiger partial charge in [-0.25, -0.2) is 0 Å². The summed E-state index contributed by atoms with van der Waals surface area (Å²) in [5.41, 5.74) is 15.6. The number of hydrogen-bond donors (Lipinski definition) is 0. The lowest BCUT2D eigenvalue weighted by molar-refractivity contribution is 0.314. The summed E-state index contributed by atoms with van der Waals surface area (Å²) in [5.74, 6) is 0.925. The van der Waals surface area contributed by atoms with E-state index in [1.807, 2.05) is 0 Å². The number of fused-ring (bicyclic) bond motifs is 12. The van der Waals surface area contributed by atoms with E-state index >= 15 is 0 Å². The van der Waals surface area contributed by atoms with E-state index in [0.717, 1.165) is 23.7 Å². The fourth-order valence-corrected chi connectivity index (χ4v) is 7.82. The van der Waals surface area contributed by atoms with E-state index in [1.165, 1.54) is 72.0 Å². The van der Waals surface area contributed by atoms with Crippen LogP contribution in [0.15, 0.2) is 158 Å². The smallest absolute Gasteiger partial charge is 0.143 e. The monoisotopic (exact) mass is 602 g/mol. The van der Waals surface area contributed by atoms with E-state index in [1.54, 1.807) is 0 Å². The Morgan fingerprint density at radius 2 is 0.915 bits per heavy atom. The highest BCUT2D eigenvalue weighted by Crippen LogP contribution is 2.52. The lowest BCUT2D eigenvalue weighted by atomic mass is 9.80. The van der Waals surface area contributed by atoms with E-state index in [2.05, 4.69) is 167 Å². The standard InChI is InChI=1S/C44H30N2O/c1-2-12-29(13-3-1)45-24-25-47-44-28-40-32-15-5-4-14-31(32)35-23-22-30(26-38(35)33-16-6-7-17-34(33)39(40)27-43(44)45)46-41-20-10-8-18-36(41)37-19-9-11-21-42(37)46/h1-23,26-28H,24-25H2. The van der Waals surface area contributed by atoms with Crippen molar-refractivity contribution in [1.29, 1.82) is 0 Å². The van der Waals surface area contributed by atoms with Gasteiger partial charge in [0.15, 0.2) is 0 Å². The number of para-hydroxylation sites is 3. The van der Waals surface area contributed by atoms with Gasteiger partial charge in [-0.1, -0.05) is 109 Å². The Bertz CT molecular complexity index is 2460. The number of hydrogen-bond acceptors (Lipinski definition) is 2. The molecule has 0 atom stereocenters. The van der Waals surface area contributed by atoms with Gasteiger partial charge in [0.05, 0.1) is 23.3 Å². The summed E-state index contributed by atoms with van der Waals surface area (Å²) in [6.07, 6.45) is 0. The van der Waals surface area contributed by atoms with Crippen LogP contribution < -0.4 is 9.64 Å². The van der Waals surface area contributed by atoms with Gasteiger partial charge in [0.1, 0.15) is 12.4 Å². The topological polar surface area (TPSA) is 17.4 Å². The Balaban J connectivity index is 1.26. The highest BCUT2D eigenvalue weighted by molar-refractivity contribution is 6.10. The van der Waals surface area contributed by atoms with Gasteiger partial charge in [-0.3, -0.25) is 0 Å². The SMILES string of the molecule is c1ccc(N2CCOc3cc4c(cc32)-c2ccccc2-c2cc(-n3c5ccccc5c5ccccc53)ccc2-c2ccccc2-4)cc1. The molecule has 0 saturated carbocycles. The molecule has 1 aliphatic heterocycles. The van der Waals surface area contributed by atoms with Crippen LogP contribution in [0.3, 0.4) is 0 Å². The minimum absolute atomic E-state index is 0.646. The molecule has 2 heterocycles. The minimum atomic E-state index is 0.646. The Morgan fingerprint density at radius 3 is 1.57 bits per heavy atom. The van der Waals surface area contributed by atoms with E-state index in [0.29, 0.717) is 6.61 Å². The lowest BCUT2D eigenvalue weighted by Gasteiger charge is -2.33. The first-order valence-corrected chi connectivity index (χ1v) is 16.3. The third-order valence-corrected chi connectivity index (χ3v) is 9.89. The van der Waals surface area contributed by atoms with Crippen LogP contribution in [0.2, 0.25) is 0 Å². The molecule has 2 aliphatic rings. The Morgan fingerprint density at radius 1 is 0.404 bits per heavy atom. The fourth-order valence-electron chi connectivity index (χ4n) is 7.82. The Labute approximate surface area is 273 Å². The fraction of sp³-hybridized carbons (Fsp3) is 0.0455. The molecular weight excluding hydrogens is 572 g/mol. The van der Waals surface area contributed by atoms with E-state index in [9.17, 15) is 0 Å². The summed E-state index contributed by atoms with van der Waals surface area (Å²) in [5, 5.41) is 2.54. The van der Waals surface area contributed by atoms with Crippen molar-refractivity contribution in [1.82, 2.24) is 4.57 Å². The third kappa shape index (κ3) is 3.93. The Kier molecular flexibility index (Phi) is 5.70. The van der Waals surface area contributed by atoms with Crippen molar-refractivity contribution in [3.8, 4) is 55.9 Å². The molecule has 0 unspecified atom stereocenters. The molecule has 0 N–H and O–H groups in total. The molecule has 0 fully saturated rings. The molecule has 0 radical (unpaired) electrons. The minimum Gasteiger partial charge on any atom is -0.490 e. The van der Waals surface area contributed by atoms with E-state index in [-0.39, 0.29) is 0 Å². The number of benzene rings is 7. The number of anilines is 2. The van der Waals surface area contributed by atoms with Crippen molar-refractivity contribution in [2.45, 2.75) is 0 Å². The number of rotatable bonds is 2. The van der Waals surface area contributed by atoms with Crippen LogP contribution in [0, 0.1) is 0 Å². The molecule has 47 heavy (non-hydrogen) atoms. The molecule has 1 aromatic heterocycles. The van der Waals surface area contributed by atoms with Crippen LogP contribution in [0.4, 0.5) is 11.4 Å². The molecule has 3 nitrogen and oxygen atoms in total. The molecule has 222 valence electrons. The highest BCUT2D eigenvalue weighted by Gasteiger charge is 2.27. The zero-order chi connectivity index (χ0) is 30.9. The predicted octanol–water partition coefficient (Wildman–Crippen LogP) is 11.3. The van der Waals surface area contributed by atoms with Crippen molar-refractivity contribution >= 4 is 33.2 Å². The molecule has 10 rings (SSSR count). The molecule has 1 aliphatic carbocycles. The molecule has 8 aromatic rings. The lowest BCUT2D eigenvalue weighted by Crippen LogP contribution is -2.28. The second-order valence-corrected chi connectivity index (χ2v) is 12.4. The quantitative estimate of drug-likeness (QED) is 0.196. The van der Waals surface area contributed by atoms with Crippen LogP contribution in [0.1, 0.15) is 0 Å². The Hall–Kier alpha value is -6.06. The van der Waals surface area contributed by atoms with Gasteiger partial charge in [-0.2, -0.15) is 0 Å². The first-order chi connectivity index (χ1) is 23.3. The van der Waals surface area contributed by atoms with Crippen molar-refractivity contribution in [3.63, 3.8) is 0 Å². The summed E-state index contributed by atoms with van der Waals surface area (Å²) >= 11 is 0. The van der Waals surface area contributed by atoms with Gasteiger partial charge in [-0.15, -0.1) is 0 Å². The second-order valence-electron chi connectivity index (χ2n) is 12.4. The molecule has 0 bridgehead atoms. The molecule has 3 heteroatoms. The first-order valence-electron chi connectivity index (χ1n) is 16.3. The number of ether oxygens (including phenoxy) is 1. The van der Waals surface area contributed by atoms with Gasteiger partial charge in [0, 0.05) is 22.1 Å². The molecule has 0 saturated heterocycles. The molecule has 0 spiro atoms. The molecular formula is C44H30N2O. The maximum absolute atomic E-state index is 6.37. The average Bonchev–Trinajstić information content (AvgIpc) is 3.48. The summed E-state index contributed by atoms with van der Waals surface area (Å²) in [6, 6.07) is 57.5. The van der Waals surface area contributed by atoms with Crippen LogP contribution in [-0.2, 0) is 0 Å². The highest BCUT2D eigenvalue weighted by atomic mass is 16.5. The summed E-state index contributed by atoms with van der Waals surface area (Å²) in [6.45, 7) is 1.45. The number of aromatic nitrogens is 1. The normalized spacial score (nSPS) is 13.1. The van der Waals surface area contributed by atoms with Crippen molar-refractivity contribution < 1.29 is 4.74 Å². The van der Waals surface area contributed by atoms with Crippen LogP contribution in [0.5, 0.6) is 5.75 Å². The average molecular weight is 603 g/mol. The van der Waals surface area contributed by atoms with Crippen LogP contribution in [0.25, 0.3) is 72.0 Å². The van der Waals surface area contributed by atoms with E-state index in [4.69, 9.17) is 4.74 Å². The van der Waals surface area contributed by atoms with Gasteiger partial charge in [0.25, 0.3) is 0 Å². The van der Waals surface area contributed by atoms with Gasteiger partial charge in [-0.05, 0) is 93.0 Å². The van der Waals surface area contributed by atoms with Crippen molar-refractivity contribution in [2.75, 3.05) is 18.1 Å². The van der Waals surface area contributed by atoms with Gasteiger partial charge >= 0.3 is 0 Å². The molecule has 7 aromatic carbocycles. The summed E-state index contributed by atoms with van der Waals surface area (Å²) in [4.78, 5) is 2.39. The maximum atomic E-state index is 6.37. The maximum Gasteiger partial charge on any atom is 0.143 e. The predicted molar refractivity (Wildman–Crippen MR) is 195 cm³/mol. The third-order valence-electron chi connectivity index (χ3n) is 9.89. The summed E-state index contributed by atoms with van der Waals surface area (Å²) in [7, 11) is 0. The largest absolute Gasteiger partial charge is 0.490 e. The molecule has 0 amide bonds. The van der Waals surface area contributed by atoms with Crippen molar-refractivity contribution in [2.24, 2.45) is 0 Å². The second kappa shape index (κ2) is 10.2.